The van der Waals surface area contributed by atoms with Gasteiger partial charge < -0.3 is 5.32 Å². The molecular weight excluding hydrogens is 291 g/mol. The summed E-state index contributed by atoms with van der Waals surface area (Å²) in [7, 11) is 0. The monoisotopic (exact) mass is 312 g/mol. The zero-order valence-electron chi connectivity index (χ0n) is 12.0. The van der Waals surface area contributed by atoms with Gasteiger partial charge in [-0.25, -0.2) is 0 Å². The lowest BCUT2D eigenvalue weighted by Gasteiger charge is -2.48. The Hall–Kier alpha value is -0.280. The summed E-state index contributed by atoms with van der Waals surface area (Å²) in [6.45, 7) is 5.47. The van der Waals surface area contributed by atoms with Crippen molar-refractivity contribution >= 4 is 23.2 Å². The second-order valence-corrected chi connectivity index (χ2v) is 7.16. The van der Waals surface area contributed by atoms with E-state index in [4.69, 9.17) is 23.2 Å². The number of piperazine rings is 1. The van der Waals surface area contributed by atoms with E-state index < -0.39 is 0 Å². The van der Waals surface area contributed by atoms with Crippen LogP contribution in [0.15, 0.2) is 18.2 Å². The Bertz CT molecular complexity index is 483. The van der Waals surface area contributed by atoms with Crippen molar-refractivity contribution in [2.75, 3.05) is 13.1 Å². The van der Waals surface area contributed by atoms with Crippen LogP contribution in [0.3, 0.4) is 0 Å². The molecule has 1 heterocycles. The quantitative estimate of drug-likeness (QED) is 0.884. The van der Waals surface area contributed by atoms with Gasteiger partial charge >= 0.3 is 0 Å². The molecule has 1 aliphatic heterocycles. The molecule has 1 saturated carbocycles. The predicted molar refractivity (Wildman–Crippen MR) is 85.5 cm³/mol. The maximum atomic E-state index is 6.15. The third kappa shape index (κ3) is 2.85. The molecule has 4 heteroatoms. The van der Waals surface area contributed by atoms with E-state index in [1.165, 1.54) is 31.2 Å². The summed E-state index contributed by atoms with van der Waals surface area (Å²) in [6.07, 6.45) is 5.34. The molecule has 1 N–H and O–H groups in total. The number of hydrogen-bond acceptors (Lipinski definition) is 2. The van der Waals surface area contributed by atoms with Gasteiger partial charge in [0.05, 0.1) is 10.0 Å². The van der Waals surface area contributed by atoms with Crippen molar-refractivity contribution in [3.05, 3.63) is 33.8 Å². The van der Waals surface area contributed by atoms with Crippen molar-refractivity contribution in [1.82, 2.24) is 10.2 Å². The van der Waals surface area contributed by atoms with Crippen LogP contribution in [0.5, 0.6) is 0 Å². The van der Waals surface area contributed by atoms with Crippen LogP contribution in [-0.4, -0.2) is 29.6 Å². The van der Waals surface area contributed by atoms with Gasteiger partial charge in [-0.05, 0) is 37.5 Å². The number of benzene rings is 1. The minimum atomic E-state index is 0.360. The molecule has 1 aliphatic carbocycles. The standard InChI is InChI=1S/C16H22Cl2N2/c1-12-9-20(16(11-19-12)6-2-3-7-16)10-13-4-5-14(17)15(18)8-13/h4-5,8,12,19H,2-3,6-7,9-11H2,1H3. The fourth-order valence-corrected chi connectivity index (χ4v) is 4.00. The van der Waals surface area contributed by atoms with E-state index in [0.29, 0.717) is 21.6 Å². The Labute approximate surface area is 131 Å². The van der Waals surface area contributed by atoms with Crippen molar-refractivity contribution in [3.63, 3.8) is 0 Å². The second-order valence-electron chi connectivity index (χ2n) is 6.34. The highest BCUT2D eigenvalue weighted by atomic mass is 35.5. The lowest BCUT2D eigenvalue weighted by molar-refractivity contribution is 0.0393. The number of hydrogen-bond donors (Lipinski definition) is 1. The Morgan fingerprint density at radius 3 is 2.70 bits per heavy atom. The first-order valence-corrected chi connectivity index (χ1v) is 8.27. The summed E-state index contributed by atoms with van der Waals surface area (Å²) in [4.78, 5) is 2.67. The normalized spacial score (nSPS) is 26.2. The molecule has 0 amide bonds. The SMILES string of the molecule is CC1CN(Cc2ccc(Cl)c(Cl)c2)C2(CCCC2)CN1. The molecule has 1 atom stereocenters. The third-order valence-electron chi connectivity index (χ3n) is 4.84. The van der Waals surface area contributed by atoms with Gasteiger partial charge in [-0.1, -0.05) is 42.1 Å². The van der Waals surface area contributed by atoms with Crippen molar-refractivity contribution in [1.29, 1.82) is 0 Å². The van der Waals surface area contributed by atoms with E-state index in [1.54, 1.807) is 0 Å². The molecule has 2 nitrogen and oxygen atoms in total. The number of nitrogens with one attached hydrogen (secondary N) is 1. The molecule has 1 aromatic rings. The molecule has 3 rings (SSSR count). The minimum absolute atomic E-state index is 0.360. The first-order chi connectivity index (χ1) is 9.59. The lowest BCUT2D eigenvalue weighted by atomic mass is 9.90. The molecule has 0 bridgehead atoms. The average molecular weight is 313 g/mol. The van der Waals surface area contributed by atoms with Crippen LogP contribution in [-0.2, 0) is 6.54 Å². The summed E-state index contributed by atoms with van der Waals surface area (Å²) in [5, 5.41) is 4.96. The molecule has 1 aromatic carbocycles. The molecule has 20 heavy (non-hydrogen) atoms. The summed E-state index contributed by atoms with van der Waals surface area (Å²) in [5.74, 6) is 0. The second kappa shape index (κ2) is 5.84. The highest BCUT2D eigenvalue weighted by molar-refractivity contribution is 6.42. The molecule has 110 valence electrons. The van der Waals surface area contributed by atoms with E-state index in [1.807, 2.05) is 12.1 Å². The molecule has 0 radical (unpaired) electrons. The zero-order valence-corrected chi connectivity index (χ0v) is 13.5. The first-order valence-electron chi connectivity index (χ1n) is 7.51. The molecule has 0 aromatic heterocycles. The number of rotatable bonds is 2. The van der Waals surface area contributed by atoms with Crippen LogP contribution < -0.4 is 5.32 Å². The summed E-state index contributed by atoms with van der Waals surface area (Å²) >= 11 is 12.2. The van der Waals surface area contributed by atoms with Crippen LogP contribution in [0, 0.1) is 0 Å². The van der Waals surface area contributed by atoms with Gasteiger partial charge in [-0.2, -0.15) is 0 Å². The van der Waals surface area contributed by atoms with Gasteiger partial charge in [0.25, 0.3) is 0 Å². The van der Waals surface area contributed by atoms with Gasteiger partial charge in [-0.3, -0.25) is 4.90 Å². The molecule has 1 spiro atoms. The molecule has 2 aliphatic rings. The van der Waals surface area contributed by atoms with Gasteiger partial charge in [-0.15, -0.1) is 0 Å². The van der Waals surface area contributed by atoms with Crippen molar-refractivity contribution in [2.24, 2.45) is 0 Å². The first kappa shape index (κ1) is 14.6. The van der Waals surface area contributed by atoms with Crippen LogP contribution in [0.4, 0.5) is 0 Å². The smallest absolute Gasteiger partial charge is 0.0595 e. The Morgan fingerprint density at radius 1 is 1.25 bits per heavy atom. The zero-order chi connectivity index (χ0) is 14.2. The van der Waals surface area contributed by atoms with Crippen molar-refractivity contribution in [3.8, 4) is 0 Å². The van der Waals surface area contributed by atoms with Gasteiger partial charge in [0.2, 0.25) is 0 Å². The fourth-order valence-electron chi connectivity index (χ4n) is 3.68. The average Bonchev–Trinajstić information content (AvgIpc) is 2.88. The highest BCUT2D eigenvalue weighted by Crippen LogP contribution is 2.38. The molecule has 2 fully saturated rings. The Balaban J connectivity index is 1.80. The number of halogens is 2. The topological polar surface area (TPSA) is 15.3 Å². The number of nitrogens with zero attached hydrogens (tertiary/aromatic N) is 1. The molecule has 1 saturated heterocycles. The molecule has 1 unspecified atom stereocenters. The maximum Gasteiger partial charge on any atom is 0.0595 e. The van der Waals surface area contributed by atoms with E-state index in [0.717, 1.165) is 19.6 Å². The summed E-state index contributed by atoms with van der Waals surface area (Å²) in [6, 6.07) is 6.58. The van der Waals surface area contributed by atoms with E-state index in [9.17, 15) is 0 Å². The highest BCUT2D eigenvalue weighted by Gasteiger charge is 2.42. The Morgan fingerprint density at radius 2 is 2.00 bits per heavy atom. The fraction of sp³-hybridized carbons (Fsp3) is 0.625. The van der Waals surface area contributed by atoms with Crippen LogP contribution >= 0.6 is 23.2 Å². The van der Waals surface area contributed by atoms with E-state index >= 15 is 0 Å². The third-order valence-corrected chi connectivity index (χ3v) is 5.58. The minimum Gasteiger partial charge on any atom is -0.311 e. The van der Waals surface area contributed by atoms with Crippen molar-refractivity contribution < 1.29 is 0 Å². The summed E-state index contributed by atoms with van der Waals surface area (Å²) in [5.41, 5.74) is 1.62. The van der Waals surface area contributed by atoms with Crippen molar-refractivity contribution in [2.45, 2.75) is 50.7 Å². The van der Waals surface area contributed by atoms with E-state index in [-0.39, 0.29) is 0 Å². The van der Waals surface area contributed by atoms with Crippen LogP contribution in [0.2, 0.25) is 10.0 Å². The Kier molecular flexibility index (Phi) is 4.28. The van der Waals surface area contributed by atoms with Gasteiger partial charge in [0.15, 0.2) is 0 Å². The van der Waals surface area contributed by atoms with E-state index in [2.05, 4.69) is 23.2 Å². The van der Waals surface area contributed by atoms with Gasteiger partial charge in [0, 0.05) is 31.2 Å². The maximum absolute atomic E-state index is 6.15. The molecular formula is C16H22Cl2N2. The van der Waals surface area contributed by atoms with Crippen LogP contribution in [0.25, 0.3) is 0 Å². The largest absolute Gasteiger partial charge is 0.311 e. The van der Waals surface area contributed by atoms with Gasteiger partial charge in [0.1, 0.15) is 0 Å². The predicted octanol–water partition coefficient (Wildman–Crippen LogP) is 4.10. The lowest BCUT2D eigenvalue weighted by Crippen LogP contribution is -2.62. The van der Waals surface area contributed by atoms with Crippen LogP contribution in [0.1, 0.15) is 38.2 Å². The summed E-state index contributed by atoms with van der Waals surface area (Å²) < 4.78 is 0.